The monoisotopic (exact) mass is 347 g/mol. The van der Waals surface area contributed by atoms with Crippen LogP contribution in [0.1, 0.15) is 4.88 Å². The Morgan fingerprint density at radius 1 is 1.25 bits per heavy atom. The first-order valence-corrected chi connectivity index (χ1v) is 8.32. The summed E-state index contributed by atoms with van der Waals surface area (Å²) in [4.78, 5) is 31.9. The molecule has 0 aliphatic carbocycles. The molecule has 24 heavy (non-hydrogen) atoms. The summed E-state index contributed by atoms with van der Waals surface area (Å²) in [6.45, 7) is 4.71. The first-order valence-electron chi connectivity index (χ1n) is 7.51. The van der Waals surface area contributed by atoms with E-state index in [2.05, 4.69) is 15.2 Å². The molecule has 1 aromatic heterocycles. The Balaban J connectivity index is 1.54. The number of nitrogens with one attached hydrogen (secondary N) is 1. The molecule has 0 saturated carbocycles. The van der Waals surface area contributed by atoms with Gasteiger partial charge in [0, 0.05) is 55.1 Å². The number of benzene rings is 1. The van der Waals surface area contributed by atoms with E-state index in [1.807, 2.05) is 13.1 Å². The average Bonchev–Trinajstić information content (AvgIpc) is 3.02. The summed E-state index contributed by atoms with van der Waals surface area (Å²) in [5.41, 5.74) is 0.545. The Labute approximate surface area is 142 Å². The van der Waals surface area contributed by atoms with Crippen LogP contribution in [0.5, 0.6) is 0 Å². The van der Waals surface area contributed by atoms with Gasteiger partial charge in [-0.3, -0.25) is 10.1 Å². The minimum atomic E-state index is -0.467. The van der Waals surface area contributed by atoms with E-state index in [0.717, 1.165) is 18.2 Å². The molecule has 0 spiro atoms. The van der Waals surface area contributed by atoms with E-state index >= 15 is 0 Å². The first kappa shape index (κ1) is 16.2. The van der Waals surface area contributed by atoms with Crippen molar-refractivity contribution in [2.24, 2.45) is 0 Å². The summed E-state index contributed by atoms with van der Waals surface area (Å²) in [5.74, 6) is 0. The van der Waals surface area contributed by atoms with Crippen LogP contribution in [0, 0.1) is 17.0 Å². The zero-order chi connectivity index (χ0) is 17.1. The van der Waals surface area contributed by atoms with Gasteiger partial charge in [0.25, 0.3) is 5.69 Å². The number of hydrogen-bond acceptors (Lipinski definition) is 6. The number of carbonyl (C=O) groups is 1. The standard InChI is InChI=1S/C15H17N5O3S/c1-11-10-16-15(24-11)19-8-6-18(7-9-19)14(21)17-12-2-4-13(5-3-12)20(22)23/h2-5,10H,6-9H2,1H3,(H,17,21). The van der Waals surface area contributed by atoms with Crippen molar-refractivity contribution in [3.63, 3.8) is 0 Å². The second-order valence-electron chi connectivity index (χ2n) is 5.46. The van der Waals surface area contributed by atoms with E-state index < -0.39 is 4.92 Å². The van der Waals surface area contributed by atoms with Gasteiger partial charge in [-0.05, 0) is 19.1 Å². The number of aryl methyl sites for hydroxylation is 1. The van der Waals surface area contributed by atoms with Gasteiger partial charge in [0.1, 0.15) is 0 Å². The predicted octanol–water partition coefficient (Wildman–Crippen LogP) is 2.71. The van der Waals surface area contributed by atoms with Crippen LogP contribution in [-0.2, 0) is 0 Å². The largest absolute Gasteiger partial charge is 0.345 e. The summed E-state index contributed by atoms with van der Waals surface area (Å²) < 4.78 is 0. The number of urea groups is 1. The van der Waals surface area contributed by atoms with E-state index in [1.54, 1.807) is 16.2 Å². The maximum absolute atomic E-state index is 12.3. The maximum atomic E-state index is 12.3. The van der Waals surface area contributed by atoms with E-state index in [4.69, 9.17) is 0 Å². The number of rotatable bonds is 3. The third-order valence-electron chi connectivity index (χ3n) is 3.78. The summed E-state index contributed by atoms with van der Waals surface area (Å²) in [5, 5.41) is 14.4. The van der Waals surface area contributed by atoms with Gasteiger partial charge in [-0.1, -0.05) is 0 Å². The van der Waals surface area contributed by atoms with Gasteiger partial charge >= 0.3 is 6.03 Å². The molecule has 2 heterocycles. The van der Waals surface area contributed by atoms with Gasteiger partial charge in [0.15, 0.2) is 5.13 Å². The molecule has 0 radical (unpaired) electrons. The van der Waals surface area contributed by atoms with Gasteiger partial charge < -0.3 is 15.1 Å². The lowest BCUT2D eigenvalue weighted by molar-refractivity contribution is -0.384. The summed E-state index contributed by atoms with van der Waals surface area (Å²) in [6.07, 6.45) is 1.85. The molecule has 1 N–H and O–H groups in total. The minimum absolute atomic E-state index is 0.000328. The van der Waals surface area contributed by atoms with Crippen LogP contribution in [-0.4, -0.2) is 47.0 Å². The molecule has 1 aliphatic rings. The Morgan fingerprint density at radius 2 is 1.92 bits per heavy atom. The van der Waals surface area contributed by atoms with Gasteiger partial charge in [-0.15, -0.1) is 11.3 Å². The second kappa shape index (κ2) is 6.83. The lowest BCUT2D eigenvalue weighted by Crippen LogP contribution is -2.50. The number of hydrogen-bond donors (Lipinski definition) is 1. The van der Waals surface area contributed by atoms with Crippen molar-refractivity contribution >= 4 is 33.9 Å². The van der Waals surface area contributed by atoms with Crippen molar-refractivity contribution in [1.29, 1.82) is 0 Å². The van der Waals surface area contributed by atoms with Crippen molar-refractivity contribution < 1.29 is 9.72 Å². The normalized spacial score (nSPS) is 14.5. The maximum Gasteiger partial charge on any atom is 0.321 e. The van der Waals surface area contributed by atoms with Crippen LogP contribution in [0.2, 0.25) is 0 Å². The van der Waals surface area contributed by atoms with Crippen molar-refractivity contribution in [2.45, 2.75) is 6.92 Å². The first-order chi connectivity index (χ1) is 11.5. The minimum Gasteiger partial charge on any atom is -0.345 e. The number of non-ortho nitro benzene ring substituents is 1. The summed E-state index contributed by atoms with van der Waals surface area (Å²) >= 11 is 1.65. The lowest BCUT2D eigenvalue weighted by atomic mass is 10.3. The number of nitro benzene ring substituents is 1. The van der Waals surface area contributed by atoms with Crippen LogP contribution >= 0.6 is 11.3 Å². The number of carbonyl (C=O) groups excluding carboxylic acids is 1. The number of thiazole rings is 1. The molecule has 3 rings (SSSR count). The highest BCUT2D eigenvalue weighted by Crippen LogP contribution is 2.23. The molecule has 0 bridgehead atoms. The van der Waals surface area contributed by atoms with Gasteiger partial charge in [-0.2, -0.15) is 0 Å². The lowest BCUT2D eigenvalue weighted by Gasteiger charge is -2.34. The number of amides is 2. The van der Waals surface area contributed by atoms with Crippen molar-refractivity contribution in [2.75, 3.05) is 36.4 Å². The zero-order valence-corrected chi connectivity index (χ0v) is 14.0. The summed E-state index contributed by atoms with van der Waals surface area (Å²) in [7, 11) is 0. The van der Waals surface area contributed by atoms with Crippen LogP contribution in [0.3, 0.4) is 0 Å². The number of nitro groups is 1. The fourth-order valence-electron chi connectivity index (χ4n) is 2.46. The molecule has 0 unspecified atom stereocenters. The number of piperazine rings is 1. The molecule has 126 valence electrons. The molecule has 2 aromatic rings. The van der Waals surface area contributed by atoms with Crippen LogP contribution in [0.4, 0.5) is 21.3 Å². The van der Waals surface area contributed by atoms with Crippen molar-refractivity contribution in [3.8, 4) is 0 Å². The van der Waals surface area contributed by atoms with Crippen molar-refractivity contribution in [3.05, 3.63) is 45.5 Å². The third kappa shape index (κ3) is 3.62. The highest BCUT2D eigenvalue weighted by atomic mass is 32.1. The topological polar surface area (TPSA) is 91.6 Å². The number of nitrogens with zero attached hydrogens (tertiary/aromatic N) is 4. The van der Waals surface area contributed by atoms with E-state index in [1.165, 1.54) is 29.1 Å². The van der Waals surface area contributed by atoms with Crippen LogP contribution < -0.4 is 10.2 Å². The fraction of sp³-hybridized carbons (Fsp3) is 0.333. The zero-order valence-electron chi connectivity index (χ0n) is 13.1. The average molecular weight is 347 g/mol. The molecule has 1 fully saturated rings. The van der Waals surface area contributed by atoms with E-state index in [-0.39, 0.29) is 11.7 Å². The molecular weight excluding hydrogens is 330 g/mol. The molecule has 1 aliphatic heterocycles. The molecule has 2 amide bonds. The summed E-state index contributed by atoms with van der Waals surface area (Å²) in [6, 6.07) is 5.62. The molecular formula is C15H17N5O3S. The highest BCUT2D eigenvalue weighted by Gasteiger charge is 2.22. The van der Waals surface area contributed by atoms with E-state index in [0.29, 0.717) is 18.8 Å². The Morgan fingerprint density at radius 3 is 2.46 bits per heavy atom. The van der Waals surface area contributed by atoms with E-state index in [9.17, 15) is 14.9 Å². The van der Waals surface area contributed by atoms with Crippen LogP contribution in [0.25, 0.3) is 0 Å². The molecule has 0 atom stereocenters. The second-order valence-corrected chi connectivity index (χ2v) is 6.67. The molecule has 9 heteroatoms. The van der Waals surface area contributed by atoms with Crippen LogP contribution in [0.15, 0.2) is 30.5 Å². The van der Waals surface area contributed by atoms with Crippen molar-refractivity contribution in [1.82, 2.24) is 9.88 Å². The Kier molecular flexibility index (Phi) is 4.61. The SMILES string of the molecule is Cc1cnc(N2CCN(C(=O)Nc3ccc([N+](=O)[O-])cc3)CC2)s1. The fourth-order valence-corrected chi connectivity index (χ4v) is 3.27. The van der Waals surface area contributed by atoms with Gasteiger partial charge in [-0.25, -0.2) is 9.78 Å². The molecule has 1 aromatic carbocycles. The number of anilines is 2. The molecule has 1 saturated heterocycles. The smallest absolute Gasteiger partial charge is 0.321 e. The number of aromatic nitrogens is 1. The predicted molar refractivity (Wildman–Crippen MR) is 92.8 cm³/mol. The van der Waals surface area contributed by atoms with Gasteiger partial charge in [0.05, 0.1) is 4.92 Å². The Bertz CT molecular complexity index is 738. The third-order valence-corrected chi connectivity index (χ3v) is 4.75. The Hall–Kier alpha value is -2.68. The quantitative estimate of drug-likeness (QED) is 0.681. The molecule has 8 nitrogen and oxygen atoms in total. The highest BCUT2D eigenvalue weighted by molar-refractivity contribution is 7.15. The van der Waals surface area contributed by atoms with Gasteiger partial charge in [0.2, 0.25) is 0 Å².